The summed E-state index contributed by atoms with van der Waals surface area (Å²) in [5.41, 5.74) is -0.737. The van der Waals surface area contributed by atoms with Gasteiger partial charge in [-0.15, -0.1) is 0 Å². The van der Waals surface area contributed by atoms with Crippen LogP contribution >= 0.6 is 0 Å². The highest BCUT2D eigenvalue weighted by Gasteiger charge is 2.75. The molecule has 9 heteroatoms. The van der Waals surface area contributed by atoms with Gasteiger partial charge in [-0.3, -0.25) is 9.59 Å². The van der Waals surface area contributed by atoms with Crippen molar-refractivity contribution in [3.63, 3.8) is 0 Å². The number of halogens is 3. The molecule has 4 fully saturated rings. The number of ether oxygens (including phenoxy) is 2. The number of rotatable bonds is 7. The molecule has 7 atom stereocenters. The van der Waals surface area contributed by atoms with Crippen LogP contribution in [0.25, 0.3) is 6.08 Å². The van der Waals surface area contributed by atoms with E-state index in [4.69, 9.17) is 9.47 Å². The Morgan fingerprint density at radius 1 is 1.09 bits per heavy atom. The zero-order valence-electron chi connectivity index (χ0n) is 26.2. The number of likely N-dealkylation sites (N-methyl/N-ethyl adjacent to an activating group) is 1. The summed E-state index contributed by atoms with van der Waals surface area (Å²) in [6, 6.07) is 18.7. The van der Waals surface area contributed by atoms with Gasteiger partial charge in [0, 0.05) is 43.4 Å². The molecule has 1 N–H and O–H groups in total. The van der Waals surface area contributed by atoms with Gasteiger partial charge in [-0.2, -0.15) is 13.2 Å². The van der Waals surface area contributed by atoms with E-state index in [0.717, 1.165) is 61.3 Å². The van der Waals surface area contributed by atoms with Crippen LogP contribution < -0.4 is 5.32 Å². The van der Waals surface area contributed by atoms with Crippen molar-refractivity contribution >= 4 is 18.0 Å². The van der Waals surface area contributed by atoms with Crippen LogP contribution in [0.1, 0.15) is 50.2 Å². The molecule has 7 rings (SSSR count). The highest BCUT2D eigenvalue weighted by molar-refractivity contribution is 5.99. The average Bonchev–Trinajstić information content (AvgIpc) is 3.31. The highest BCUT2D eigenvalue weighted by Crippen LogP contribution is 2.70. The summed E-state index contributed by atoms with van der Waals surface area (Å²) in [7, 11) is 2.32. The minimum Gasteiger partial charge on any atom is -0.427 e. The van der Waals surface area contributed by atoms with E-state index in [0.29, 0.717) is 12.2 Å². The van der Waals surface area contributed by atoms with Crippen LogP contribution in [0.5, 0.6) is 0 Å². The van der Waals surface area contributed by atoms with Crippen LogP contribution in [0.3, 0.4) is 0 Å². The Labute approximate surface area is 267 Å². The lowest BCUT2D eigenvalue weighted by atomic mass is 9.46. The molecular weight excluding hydrogens is 593 g/mol. The monoisotopic (exact) mass is 633 g/mol. The molecule has 2 saturated carbocycles. The van der Waals surface area contributed by atoms with Gasteiger partial charge < -0.3 is 19.3 Å². The Bertz CT molecular complexity index is 1620. The first-order valence-electron chi connectivity index (χ1n) is 16.3. The molecule has 2 aromatic carbocycles. The predicted octanol–water partition coefficient (Wildman–Crippen LogP) is 6.50. The van der Waals surface area contributed by atoms with Crippen LogP contribution in [0.4, 0.5) is 13.2 Å². The molecule has 2 heterocycles. The number of amides is 1. The number of nitrogens with zero attached hydrogens (tertiary/aromatic N) is 1. The van der Waals surface area contributed by atoms with Crippen LogP contribution in [0.2, 0.25) is 0 Å². The minimum atomic E-state index is -4.89. The summed E-state index contributed by atoms with van der Waals surface area (Å²) in [6.07, 6.45) is 4.08. The second-order valence-electron chi connectivity index (χ2n) is 13.9. The molecular formula is C37H40F3N2O4+. The Hall–Kier alpha value is -3.69. The second-order valence-corrected chi connectivity index (χ2v) is 13.9. The maximum absolute atomic E-state index is 14.4. The second kappa shape index (κ2) is 11.2. The van der Waals surface area contributed by atoms with E-state index in [9.17, 15) is 22.8 Å². The molecule has 1 spiro atoms. The largest absolute Gasteiger partial charge is 0.427 e. The van der Waals surface area contributed by atoms with Gasteiger partial charge in [-0.25, -0.2) is 0 Å². The third kappa shape index (κ3) is 5.03. The number of carbonyl (C=O) groups excluding carboxylic acids is 2. The van der Waals surface area contributed by atoms with E-state index < -0.39 is 40.7 Å². The summed E-state index contributed by atoms with van der Waals surface area (Å²) in [5, 5.41) is 2.79. The van der Waals surface area contributed by atoms with Gasteiger partial charge in [-0.1, -0.05) is 67.1 Å². The fraction of sp³-hybridized carbons (Fsp3) is 0.459. The topological polar surface area (TPSA) is 64.6 Å². The summed E-state index contributed by atoms with van der Waals surface area (Å²) < 4.78 is 56.8. The number of carbonyl (C=O) groups is 2. The van der Waals surface area contributed by atoms with Crippen molar-refractivity contribution < 1.29 is 36.7 Å². The third-order valence-electron chi connectivity index (χ3n) is 11.4. The molecule has 1 amide bonds. The summed E-state index contributed by atoms with van der Waals surface area (Å²) >= 11 is 0. The highest BCUT2D eigenvalue weighted by atomic mass is 19.4. The molecule has 2 saturated heterocycles. The smallest absolute Gasteiger partial charge is 0.421 e. The Balaban J connectivity index is 1.29. The zero-order valence-corrected chi connectivity index (χ0v) is 26.2. The lowest BCUT2D eigenvalue weighted by Gasteiger charge is -2.64. The predicted molar refractivity (Wildman–Crippen MR) is 167 cm³/mol. The molecule has 3 unspecified atom stereocenters. The van der Waals surface area contributed by atoms with Crippen LogP contribution in [0, 0.1) is 17.3 Å². The van der Waals surface area contributed by atoms with E-state index in [1.165, 1.54) is 24.6 Å². The maximum atomic E-state index is 14.4. The van der Waals surface area contributed by atoms with E-state index >= 15 is 0 Å². The Morgan fingerprint density at radius 2 is 1.80 bits per heavy atom. The van der Waals surface area contributed by atoms with E-state index in [1.807, 2.05) is 6.07 Å². The number of quaternary nitrogens is 1. The lowest BCUT2D eigenvalue weighted by Crippen LogP contribution is -2.71. The van der Waals surface area contributed by atoms with Crippen molar-refractivity contribution in [2.45, 2.75) is 69.5 Å². The maximum Gasteiger partial charge on any atom is 0.421 e. The van der Waals surface area contributed by atoms with Crippen molar-refractivity contribution in [3.8, 4) is 0 Å². The van der Waals surface area contributed by atoms with Crippen molar-refractivity contribution in [3.05, 3.63) is 101 Å². The summed E-state index contributed by atoms with van der Waals surface area (Å²) in [4.78, 5) is 26.0. The first kappa shape index (κ1) is 30.9. The molecule has 3 aliphatic carbocycles. The molecule has 0 radical (unpaired) electrons. The minimum absolute atomic E-state index is 0.224. The van der Waals surface area contributed by atoms with Gasteiger partial charge in [0.25, 0.3) is 5.91 Å². The molecule has 2 aromatic rings. The Kier molecular flexibility index (Phi) is 7.55. The average molecular weight is 634 g/mol. The summed E-state index contributed by atoms with van der Waals surface area (Å²) in [6.45, 7) is 3.20. The van der Waals surface area contributed by atoms with Gasteiger partial charge in [0.2, 0.25) is 0 Å². The normalized spacial score (nSPS) is 34.6. The molecule has 2 aliphatic heterocycles. The third-order valence-corrected chi connectivity index (χ3v) is 11.4. The lowest BCUT2D eigenvalue weighted by molar-refractivity contribution is -0.946. The number of hydrogen-bond acceptors (Lipinski definition) is 4. The van der Waals surface area contributed by atoms with Crippen molar-refractivity contribution in [1.82, 2.24) is 5.32 Å². The molecule has 46 heavy (non-hydrogen) atoms. The number of esters is 1. The quantitative estimate of drug-likeness (QED) is 0.215. The van der Waals surface area contributed by atoms with Crippen LogP contribution in [-0.4, -0.2) is 60.5 Å². The van der Waals surface area contributed by atoms with Crippen molar-refractivity contribution in [1.29, 1.82) is 0 Å². The van der Waals surface area contributed by atoms with E-state index in [-0.39, 0.29) is 23.6 Å². The number of hydrogen-bond donors (Lipinski definition) is 1. The number of benzene rings is 2. The molecule has 2 bridgehead atoms. The Morgan fingerprint density at radius 3 is 2.50 bits per heavy atom. The van der Waals surface area contributed by atoms with E-state index in [1.54, 1.807) is 30.4 Å². The van der Waals surface area contributed by atoms with Crippen molar-refractivity contribution in [2.75, 3.05) is 20.1 Å². The SMILES string of the molecule is CC(=O)OC1=C2C[C@@H]3[C@@H]4CCC[C@@H]5OC(NC(=O)C(=Cc6ccccc6)C(F)(F)F)(C=C1)C2[C@@]54CC[N+]3(C)CCc1ccccc1. The number of nitrogens with one attached hydrogen (secondary N) is 1. The van der Waals surface area contributed by atoms with Gasteiger partial charge in [-0.05, 0) is 47.8 Å². The fourth-order valence-corrected chi connectivity index (χ4v) is 9.58. The van der Waals surface area contributed by atoms with Crippen LogP contribution in [0.15, 0.2) is 89.7 Å². The number of allylic oxidation sites excluding steroid dienone is 1. The number of likely N-dealkylation sites (tertiary alicyclic amines) is 1. The zero-order chi connectivity index (χ0) is 32.3. The van der Waals surface area contributed by atoms with Gasteiger partial charge >= 0.3 is 12.1 Å². The van der Waals surface area contributed by atoms with Crippen molar-refractivity contribution in [2.24, 2.45) is 17.3 Å². The number of alkyl halides is 3. The first-order chi connectivity index (χ1) is 22.0. The van der Waals surface area contributed by atoms with E-state index in [2.05, 4.69) is 36.6 Å². The summed E-state index contributed by atoms with van der Waals surface area (Å²) in [5.74, 6) is -1.44. The molecule has 5 aliphatic rings. The van der Waals surface area contributed by atoms with Crippen LogP contribution in [-0.2, 0) is 25.5 Å². The molecule has 0 aromatic heterocycles. The number of piperidine rings is 1. The fourth-order valence-electron chi connectivity index (χ4n) is 9.58. The molecule has 6 nitrogen and oxygen atoms in total. The van der Waals surface area contributed by atoms with Gasteiger partial charge in [0.05, 0.1) is 32.3 Å². The first-order valence-corrected chi connectivity index (χ1v) is 16.3. The molecule has 242 valence electrons. The van der Waals surface area contributed by atoms with Gasteiger partial charge in [0.1, 0.15) is 11.3 Å². The standard InChI is InChI=1S/C37H39F3N2O4/c1-24(43)45-31-16-18-36(41-34(44)29(37(38,39)40)22-26-12-7-4-8-13-26)33-27(31)23-30-28-14-9-15-32(46-36)35(28,33)19-21-42(30,2)20-17-25-10-5-3-6-11-25/h3-8,10-13,16,18,22,28,30,32-33H,9,14-15,17,19-21,23H2,1-2H3/p+1/t28-,30+,32-,33?,35+,36?,42?/m0/s1. The van der Waals surface area contributed by atoms with Gasteiger partial charge in [0.15, 0.2) is 5.72 Å².